The first-order valence-electron chi connectivity index (χ1n) is 4.88. The summed E-state index contributed by atoms with van der Waals surface area (Å²) in [6.07, 6.45) is 4.29. The van der Waals surface area contributed by atoms with Gasteiger partial charge in [-0.1, -0.05) is 40.0 Å². The molecule has 0 heterocycles. The van der Waals surface area contributed by atoms with Crippen molar-refractivity contribution < 1.29 is 4.79 Å². The van der Waals surface area contributed by atoms with Gasteiger partial charge >= 0.3 is 0 Å². The molecular formula is C10H21NO. The summed E-state index contributed by atoms with van der Waals surface area (Å²) in [6, 6.07) is -0.225. The van der Waals surface area contributed by atoms with Gasteiger partial charge in [0.25, 0.3) is 0 Å². The van der Waals surface area contributed by atoms with E-state index < -0.39 is 0 Å². The summed E-state index contributed by atoms with van der Waals surface area (Å²) in [7, 11) is 0. The zero-order chi connectivity index (χ0) is 9.56. The summed E-state index contributed by atoms with van der Waals surface area (Å²) < 4.78 is 0. The van der Waals surface area contributed by atoms with Crippen molar-refractivity contribution in [3.63, 3.8) is 0 Å². The molecule has 0 radical (unpaired) electrons. The quantitative estimate of drug-likeness (QED) is 0.622. The number of carbonyl (C=O) groups is 1. The van der Waals surface area contributed by atoms with Crippen LogP contribution in [0.1, 0.15) is 46.5 Å². The topological polar surface area (TPSA) is 43.1 Å². The zero-order valence-corrected chi connectivity index (χ0v) is 8.47. The van der Waals surface area contributed by atoms with Gasteiger partial charge in [0.15, 0.2) is 5.78 Å². The van der Waals surface area contributed by atoms with E-state index in [0.29, 0.717) is 0 Å². The van der Waals surface area contributed by atoms with Crippen LogP contribution in [0, 0.1) is 5.92 Å². The predicted molar refractivity (Wildman–Crippen MR) is 52.0 cm³/mol. The molecule has 2 heteroatoms. The van der Waals surface area contributed by atoms with Crippen LogP contribution in [-0.2, 0) is 4.79 Å². The lowest BCUT2D eigenvalue weighted by Gasteiger charge is -2.12. The average Bonchev–Trinajstić information content (AvgIpc) is 2.03. The molecule has 0 aromatic rings. The van der Waals surface area contributed by atoms with Gasteiger partial charge in [0, 0.05) is 5.92 Å². The minimum absolute atomic E-state index is 0.0848. The Morgan fingerprint density at radius 2 is 1.92 bits per heavy atom. The van der Waals surface area contributed by atoms with Gasteiger partial charge in [-0.15, -0.1) is 0 Å². The van der Waals surface area contributed by atoms with Crippen molar-refractivity contribution in [1.29, 1.82) is 0 Å². The largest absolute Gasteiger partial charge is 0.321 e. The van der Waals surface area contributed by atoms with Gasteiger partial charge in [0.2, 0.25) is 0 Å². The van der Waals surface area contributed by atoms with Crippen LogP contribution < -0.4 is 5.73 Å². The average molecular weight is 171 g/mol. The molecule has 1 unspecified atom stereocenters. The minimum atomic E-state index is -0.225. The van der Waals surface area contributed by atoms with Crippen molar-refractivity contribution in [2.45, 2.75) is 52.5 Å². The molecule has 0 aliphatic heterocycles. The van der Waals surface area contributed by atoms with E-state index in [1.165, 1.54) is 12.8 Å². The Morgan fingerprint density at radius 1 is 1.33 bits per heavy atom. The third-order valence-electron chi connectivity index (χ3n) is 2.05. The molecule has 0 rings (SSSR count). The third kappa shape index (κ3) is 4.50. The number of carbonyl (C=O) groups excluding carboxylic acids is 1. The Hall–Kier alpha value is -0.370. The second kappa shape index (κ2) is 6.18. The maximum Gasteiger partial charge on any atom is 0.152 e. The number of ketones is 1. The van der Waals surface area contributed by atoms with Gasteiger partial charge in [-0.2, -0.15) is 0 Å². The number of unbranched alkanes of at least 4 members (excludes halogenated alkanes) is 2. The van der Waals surface area contributed by atoms with Crippen molar-refractivity contribution in [2.24, 2.45) is 11.7 Å². The summed E-state index contributed by atoms with van der Waals surface area (Å²) in [4.78, 5) is 11.3. The van der Waals surface area contributed by atoms with Gasteiger partial charge in [-0.05, 0) is 6.42 Å². The van der Waals surface area contributed by atoms with Gasteiger partial charge in [0.1, 0.15) is 0 Å². The van der Waals surface area contributed by atoms with Crippen LogP contribution in [-0.4, -0.2) is 11.8 Å². The van der Waals surface area contributed by atoms with Crippen LogP contribution in [0.4, 0.5) is 0 Å². The molecule has 0 saturated carbocycles. The number of hydrogen-bond acceptors (Lipinski definition) is 2. The van der Waals surface area contributed by atoms with Gasteiger partial charge in [-0.3, -0.25) is 4.79 Å². The van der Waals surface area contributed by atoms with E-state index in [9.17, 15) is 4.79 Å². The maximum atomic E-state index is 11.3. The summed E-state index contributed by atoms with van der Waals surface area (Å²) in [5, 5.41) is 0. The second-order valence-electron chi connectivity index (χ2n) is 3.66. The standard InChI is InChI=1S/C10H21NO/c1-4-5-6-7-9(11)10(12)8(2)3/h8-9H,4-7,11H2,1-3H3. The number of Topliss-reactive ketones (excluding diaryl/α,β-unsaturated/α-hetero) is 1. The number of rotatable bonds is 6. The van der Waals surface area contributed by atoms with E-state index in [0.717, 1.165) is 12.8 Å². The van der Waals surface area contributed by atoms with Crippen LogP contribution in [0.3, 0.4) is 0 Å². The molecule has 0 saturated heterocycles. The fourth-order valence-corrected chi connectivity index (χ4v) is 1.18. The Labute approximate surface area is 75.5 Å². The van der Waals surface area contributed by atoms with Crippen LogP contribution in [0.25, 0.3) is 0 Å². The summed E-state index contributed by atoms with van der Waals surface area (Å²) in [6.45, 7) is 5.96. The monoisotopic (exact) mass is 171 g/mol. The molecule has 0 aromatic carbocycles. The van der Waals surface area contributed by atoms with Crippen molar-refractivity contribution in [3.05, 3.63) is 0 Å². The molecule has 12 heavy (non-hydrogen) atoms. The first-order chi connectivity index (χ1) is 5.59. The van der Waals surface area contributed by atoms with Gasteiger partial charge in [-0.25, -0.2) is 0 Å². The SMILES string of the molecule is CCCCCC(N)C(=O)C(C)C. The third-order valence-corrected chi connectivity index (χ3v) is 2.05. The molecule has 0 spiro atoms. The fourth-order valence-electron chi connectivity index (χ4n) is 1.18. The summed E-state index contributed by atoms with van der Waals surface area (Å²) in [5.74, 6) is 0.285. The van der Waals surface area contributed by atoms with Crippen molar-refractivity contribution >= 4 is 5.78 Å². The lowest BCUT2D eigenvalue weighted by Crippen LogP contribution is -2.33. The fraction of sp³-hybridized carbons (Fsp3) is 0.900. The molecule has 1 atom stereocenters. The van der Waals surface area contributed by atoms with Crippen LogP contribution >= 0.6 is 0 Å². The smallest absolute Gasteiger partial charge is 0.152 e. The van der Waals surface area contributed by atoms with E-state index in [-0.39, 0.29) is 17.7 Å². The molecule has 72 valence electrons. The van der Waals surface area contributed by atoms with Gasteiger partial charge in [0.05, 0.1) is 6.04 Å². The molecule has 0 aliphatic rings. The Bertz CT molecular complexity index is 132. The lowest BCUT2D eigenvalue weighted by atomic mass is 9.98. The molecule has 0 fully saturated rings. The lowest BCUT2D eigenvalue weighted by molar-refractivity contribution is -0.123. The highest BCUT2D eigenvalue weighted by atomic mass is 16.1. The van der Waals surface area contributed by atoms with E-state index >= 15 is 0 Å². The molecule has 2 N–H and O–H groups in total. The molecule has 0 aliphatic carbocycles. The summed E-state index contributed by atoms with van der Waals surface area (Å²) >= 11 is 0. The van der Waals surface area contributed by atoms with E-state index in [1.807, 2.05) is 13.8 Å². The van der Waals surface area contributed by atoms with E-state index in [2.05, 4.69) is 6.92 Å². The van der Waals surface area contributed by atoms with Crippen molar-refractivity contribution in [1.82, 2.24) is 0 Å². The first kappa shape index (κ1) is 11.6. The van der Waals surface area contributed by atoms with Crippen LogP contribution in [0.15, 0.2) is 0 Å². The first-order valence-corrected chi connectivity index (χ1v) is 4.88. The zero-order valence-electron chi connectivity index (χ0n) is 8.47. The number of hydrogen-bond donors (Lipinski definition) is 1. The summed E-state index contributed by atoms with van der Waals surface area (Å²) in [5.41, 5.74) is 5.71. The van der Waals surface area contributed by atoms with E-state index in [4.69, 9.17) is 5.73 Å². The van der Waals surface area contributed by atoms with Gasteiger partial charge < -0.3 is 5.73 Å². The molecule has 0 aromatic heterocycles. The molecule has 2 nitrogen and oxygen atoms in total. The molecule has 0 bridgehead atoms. The highest BCUT2D eigenvalue weighted by Crippen LogP contribution is 2.06. The normalized spacial score (nSPS) is 13.4. The van der Waals surface area contributed by atoms with Crippen LogP contribution in [0.2, 0.25) is 0 Å². The Kier molecular flexibility index (Phi) is 5.99. The predicted octanol–water partition coefficient (Wildman–Crippen LogP) is 2.12. The van der Waals surface area contributed by atoms with Crippen molar-refractivity contribution in [2.75, 3.05) is 0 Å². The highest BCUT2D eigenvalue weighted by molar-refractivity contribution is 5.85. The Balaban J connectivity index is 3.57. The second-order valence-corrected chi connectivity index (χ2v) is 3.66. The molecule has 0 amide bonds. The number of nitrogens with two attached hydrogens (primary N) is 1. The minimum Gasteiger partial charge on any atom is -0.321 e. The van der Waals surface area contributed by atoms with E-state index in [1.54, 1.807) is 0 Å². The Morgan fingerprint density at radius 3 is 2.33 bits per heavy atom. The van der Waals surface area contributed by atoms with Crippen molar-refractivity contribution in [3.8, 4) is 0 Å². The highest BCUT2D eigenvalue weighted by Gasteiger charge is 2.15. The van der Waals surface area contributed by atoms with Crippen LogP contribution in [0.5, 0.6) is 0 Å². The molecular weight excluding hydrogens is 150 g/mol. The maximum absolute atomic E-state index is 11.3.